The van der Waals surface area contributed by atoms with E-state index in [1.807, 2.05) is 6.07 Å². The van der Waals surface area contributed by atoms with Crippen molar-refractivity contribution in [2.45, 2.75) is 38.1 Å². The van der Waals surface area contributed by atoms with Gasteiger partial charge in [-0.3, -0.25) is 4.90 Å². The second kappa shape index (κ2) is 10.3. The van der Waals surface area contributed by atoms with Crippen molar-refractivity contribution in [2.75, 3.05) is 63.3 Å². The summed E-state index contributed by atoms with van der Waals surface area (Å²) >= 11 is 0. The van der Waals surface area contributed by atoms with Crippen molar-refractivity contribution in [1.82, 2.24) is 10.2 Å². The van der Waals surface area contributed by atoms with E-state index >= 15 is 0 Å². The number of anilines is 2. The highest BCUT2D eigenvalue weighted by molar-refractivity contribution is 5.97. The Kier molecular flexibility index (Phi) is 7.29. The monoisotopic (exact) mass is 430 g/mol. The molecule has 3 aliphatic rings. The van der Waals surface area contributed by atoms with Crippen molar-refractivity contribution in [3.05, 3.63) is 23.8 Å². The van der Waals surface area contributed by atoms with Gasteiger partial charge in [-0.1, -0.05) is 0 Å². The normalized spacial score (nSPS) is 22.5. The maximum Gasteiger partial charge on any atom is 0.337 e. The van der Waals surface area contributed by atoms with Crippen molar-refractivity contribution < 1.29 is 19.1 Å². The van der Waals surface area contributed by atoms with Crippen LogP contribution in [0.25, 0.3) is 0 Å². The standard InChI is InChI=1S/C23H34N4O4/c1-30-22(28)17-6-7-20(26-9-2-3-10-26)19(14-17)25-23(29)24-15-21(18-8-13-31-16-18)27-11-4-5-12-27/h6-7,14,18,21H,2-5,8-13,15-16H2,1H3,(H2,24,25,29)/t18-,21+/m0/s1. The summed E-state index contributed by atoms with van der Waals surface area (Å²) in [5, 5.41) is 6.08. The number of carbonyl (C=O) groups excluding carboxylic acids is 2. The van der Waals surface area contributed by atoms with Crippen molar-refractivity contribution in [3.8, 4) is 0 Å². The van der Waals surface area contributed by atoms with Gasteiger partial charge in [0, 0.05) is 38.2 Å². The zero-order chi connectivity index (χ0) is 21.6. The third-order valence-corrected chi connectivity index (χ3v) is 6.70. The highest BCUT2D eigenvalue weighted by atomic mass is 16.5. The SMILES string of the molecule is COC(=O)c1ccc(N2CCCC2)c(NC(=O)NC[C@H]([C@H]2CCOC2)N2CCCC2)c1. The summed E-state index contributed by atoms with van der Waals surface area (Å²) < 4.78 is 10.5. The van der Waals surface area contributed by atoms with E-state index in [9.17, 15) is 9.59 Å². The van der Waals surface area contributed by atoms with Crippen molar-refractivity contribution in [2.24, 2.45) is 5.92 Å². The lowest BCUT2D eigenvalue weighted by molar-refractivity contribution is 0.0600. The van der Waals surface area contributed by atoms with Crippen LogP contribution in [0.15, 0.2) is 18.2 Å². The van der Waals surface area contributed by atoms with Gasteiger partial charge in [-0.25, -0.2) is 9.59 Å². The van der Waals surface area contributed by atoms with E-state index in [2.05, 4.69) is 20.4 Å². The Morgan fingerprint density at radius 2 is 1.90 bits per heavy atom. The first-order valence-electron chi connectivity index (χ1n) is 11.5. The molecule has 3 fully saturated rings. The molecule has 4 rings (SSSR count). The summed E-state index contributed by atoms with van der Waals surface area (Å²) in [6.45, 7) is 6.25. The van der Waals surface area contributed by atoms with Crippen LogP contribution in [0.2, 0.25) is 0 Å². The Hall–Kier alpha value is -2.32. The molecule has 1 aromatic rings. The molecule has 0 aliphatic carbocycles. The second-order valence-electron chi connectivity index (χ2n) is 8.69. The van der Waals surface area contributed by atoms with Gasteiger partial charge in [-0.05, 0) is 63.4 Å². The first kappa shape index (κ1) is 21.9. The van der Waals surface area contributed by atoms with Gasteiger partial charge in [0.25, 0.3) is 0 Å². The molecule has 2 atom stereocenters. The Bertz CT molecular complexity index is 753. The molecule has 8 heteroatoms. The first-order valence-corrected chi connectivity index (χ1v) is 11.5. The van der Waals surface area contributed by atoms with E-state index in [0.29, 0.717) is 29.8 Å². The molecule has 0 spiro atoms. The molecular formula is C23H34N4O4. The third kappa shape index (κ3) is 5.30. The third-order valence-electron chi connectivity index (χ3n) is 6.70. The molecule has 170 valence electrons. The number of carbonyl (C=O) groups is 2. The lowest BCUT2D eigenvalue weighted by atomic mass is 9.97. The summed E-state index contributed by atoms with van der Waals surface area (Å²) in [5.74, 6) is 0.0491. The molecule has 1 aromatic carbocycles. The average Bonchev–Trinajstić information content (AvgIpc) is 3.57. The number of amides is 2. The van der Waals surface area contributed by atoms with Crippen molar-refractivity contribution in [1.29, 1.82) is 0 Å². The van der Waals surface area contributed by atoms with Crippen LogP contribution in [0.3, 0.4) is 0 Å². The minimum atomic E-state index is -0.410. The summed E-state index contributed by atoms with van der Waals surface area (Å²) in [6, 6.07) is 5.42. The van der Waals surface area contributed by atoms with Gasteiger partial charge < -0.3 is 25.0 Å². The van der Waals surface area contributed by atoms with Gasteiger partial charge in [0.15, 0.2) is 0 Å². The summed E-state index contributed by atoms with van der Waals surface area (Å²) in [4.78, 5) is 29.6. The van der Waals surface area contributed by atoms with Gasteiger partial charge in [0.1, 0.15) is 0 Å². The number of nitrogens with zero attached hydrogens (tertiary/aromatic N) is 2. The lowest BCUT2D eigenvalue weighted by Crippen LogP contribution is -2.48. The molecule has 0 aromatic heterocycles. The first-order chi connectivity index (χ1) is 15.2. The molecule has 8 nitrogen and oxygen atoms in total. The quantitative estimate of drug-likeness (QED) is 0.647. The zero-order valence-electron chi connectivity index (χ0n) is 18.4. The smallest absolute Gasteiger partial charge is 0.337 e. The molecule has 2 amide bonds. The Balaban J connectivity index is 1.44. The number of hydrogen-bond acceptors (Lipinski definition) is 6. The average molecular weight is 431 g/mol. The highest BCUT2D eigenvalue weighted by Gasteiger charge is 2.32. The molecule has 31 heavy (non-hydrogen) atoms. The van der Waals surface area contributed by atoms with Crippen LogP contribution in [0.5, 0.6) is 0 Å². The predicted octanol–water partition coefficient (Wildman–Crippen LogP) is 2.70. The molecule has 3 aliphatic heterocycles. The maximum absolute atomic E-state index is 12.9. The lowest BCUT2D eigenvalue weighted by Gasteiger charge is -2.32. The largest absolute Gasteiger partial charge is 0.465 e. The van der Waals surface area contributed by atoms with E-state index in [0.717, 1.165) is 64.3 Å². The van der Waals surface area contributed by atoms with Crippen LogP contribution in [0.4, 0.5) is 16.2 Å². The number of methoxy groups -OCH3 is 1. The fraction of sp³-hybridized carbons (Fsp3) is 0.652. The number of rotatable bonds is 7. The highest BCUT2D eigenvalue weighted by Crippen LogP contribution is 2.30. The molecular weight excluding hydrogens is 396 g/mol. The summed E-state index contributed by atoms with van der Waals surface area (Å²) in [6.07, 6.45) is 5.74. The van der Waals surface area contributed by atoms with E-state index in [1.54, 1.807) is 12.1 Å². The summed E-state index contributed by atoms with van der Waals surface area (Å²) in [7, 11) is 1.36. The van der Waals surface area contributed by atoms with Gasteiger partial charge in [0.05, 0.1) is 30.7 Å². The Morgan fingerprint density at radius 3 is 2.58 bits per heavy atom. The molecule has 3 saturated heterocycles. The molecule has 0 bridgehead atoms. The van der Waals surface area contributed by atoms with E-state index in [-0.39, 0.29) is 6.03 Å². The van der Waals surface area contributed by atoms with Crippen LogP contribution < -0.4 is 15.5 Å². The van der Waals surface area contributed by atoms with Crippen LogP contribution in [0.1, 0.15) is 42.5 Å². The minimum absolute atomic E-state index is 0.245. The number of nitrogens with one attached hydrogen (secondary N) is 2. The number of benzene rings is 1. The van der Waals surface area contributed by atoms with Crippen molar-refractivity contribution in [3.63, 3.8) is 0 Å². The van der Waals surface area contributed by atoms with Crippen molar-refractivity contribution >= 4 is 23.4 Å². The van der Waals surface area contributed by atoms with E-state index in [4.69, 9.17) is 9.47 Å². The fourth-order valence-corrected chi connectivity index (χ4v) is 5.00. The fourth-order valence-electron chi connectivity index (χ4n) is 5.00. The van der Waals surface area contributed by atoms with Gasteiger partial charge in [0.2, 0.25) is 0 Å². The van der Waals surface area contributed by atoms with E-state index < -0.39 is 5.97 Å². The van der Waals surface area contributed by atoms with Gasteiger partial charge in [-0.2, -0.15) is 0 Å². The van der Waals surface area contributed by atoms with E-state index in [1.165, 1.54) is 20.0 Å². The number of hydrogen-bond donors (Lipinski definition) is 2. The second-order valence-corrected chi connectivity index (χ2v) is 8.69. The zero-order valence-corrected chi connectivity index (χ0v) is 18.4. The van der Waals surface area contributed by atoms with Gasteiger partial charge >= 0.3 is 12.0 Å². The Labute approximate surface area is 184 Å². The molecule has 3 heterocycles. The number of urea groups is 1. The van der Waals surface area contributed by atoms with Crippen LogP contribution >= 0.6 is 0 Å². The van der Waals surface area contributed by atoms with Gasteiger partial charge in [-0.15, -0.1) is 0 Å². The molecule has 2 N–H and O–H groups in total. The Morgan fingerprint density at radius 1 is 1.16 bits per heavy atom. The molecule has 0 unspecified atom stereocenters. The number of esters is 1. The minimum Gasteiger partial charge on any atom is -0.465 e. The molecule has 0 radical (unpaired) electrons. The van der Waals surface area contributed by atoms with Crippen LogP contribution in [0, 0.1) is 5.92 Å². The maximum atomic E-state index is 12.9. The topological polar surface area (TPSA) is 83.1 Å². The summed E-state index contributed by atoms with van der Waals surface area (Å²) in [5.41, 5.74) is 2.02. The number of likely N-dealkylation sites (tertiary alicyclic amines) is 1. The molecule has 0 saturated carbocycles. The van der Waals surface area contributed by atoms with Crippen LogP contribution in [-0.4, -0.2) is 76.0 Å². The predicted molar refractivity (Wildman–Crippen MR) is 120 cm³/mol. The van der Waals surface area contributed by atoms with Crippen LogP contribution in [-0.2, 0) is 9.47 Å². The number of ether oxygens (including phenoxy) is 2.